The summed E-state index contributed by atoms with van der Waals surface area (Å²) in [5.74, 6) is 1.15. The summed E-state index contributed by atoms with van der Waals surface area (Å²) >= 11 is 0. The Morgan fingerprint density at radius 3 is 2.46 bits per heavy atom. The Morgan fingerprint density at radius 2 is 1.88 bits per heavy atom. The second-order valence-corrected chi connectivity index (χ2v) is 7.97. The molecule has 0 unspecified atom stereocenters. The van der Waals surface area contributed by atoms with Crippen molar-refractivity contribution < 1.29 is 9.32 Å². The molecule has 2 aliphatic carbocycles. The second kappa shape index (κ2) is 6.56. The van der Waals surface area contributed by atoms with E-state index in [1.54, 1.807) is 6.92 Å². The summed E-state index contributed by atoms with van der Waals surface area (Å²) in [6, 6.07) is 2.60. The molecule has 4 rings (SSSR count). The Morgan fingerprint density at radius 1 is 1.19 bits per heavy atom. The molecular weight excluding hydrogens is 328 g/mol. The number of aromatic nitrogens is 3. The van der Waals surface area contributed by atoms with Gasteiger partial charge in [0, 0.05) is 24.4 Å². The van der Waals surface area contributed by atoms with Crippen LogP contribution in [0.1, 0.15) is 90.9 Å². The molecule has 140 valence electrons. The van der Waals surface area contributed by atoms with Crippen LogP contribution in [0.5, 0.6) is 0 Å². The number of rotatable bonds is 4. The third-order valence-corrected chi connectivity index (χ3v) is 5.91. The zero-order valence-corrected chi connectivity index (χ0v) is 16.0. The first-order valence-electron chi connectivity index (χ1n) is 9.82. The first-order chi connectivity index (χ1) is 12.5. The molecule has 1 amide bonds. The molecule has 2 aliphatic rings. The Labute approximate surface area is 154 Å². The lowest BCUT2D eigenvalue weighted by molar-refractivity contribution is 0.0876. The highest BCUT2D eigenvalue weighted by molar-refractivity contribution is 5.96. The summed E-state index contributed by atoms with van der Waals surface area (Å²) in [7, 11) is 0. The molecule has 0 aromatic carbocycles. The molecule has 26 heavy (non-hydrogen) atoms. The van der Waals surface area contributed by atoms with Gasteiger partial charge < -0.3 is 14.4 Å². The number of carbonyl (C=O) groups is 1. The van der Waals surface area contributed by atoms with E-state index in [0.717, 1.165) is 36.9 Å². The number of carbonyl (C=O) groups excluding carboxylic acids is 1. The highest BCUT2D eigenvalue weighted by atomic mass is 16.5. The van der Waals surface area contributed by atoms with Gasteiger partial charge in [-0.15, -0.1) is 0 Å². The highest BCUT2D eigenvalue weighted by Gasteiger charge is 2.39. The maximum absolute atomic E-state index is 13.2. The van der Waals surface area contributed by atoms with Gasteiger partial charge in [0.05, 0.1) is 5.56 Å². The first kappa shape index (κ1) is 17.3. The van der Waals surface area contributed by atoms with Gasteiger partial charge in [-0.1, -0.05) is 30.8 Å². The Hall–Kier alpha value is -2.11. The van der Waals surface area contributed by atoms with E-state index in [-0.39, 0.29) is 5.91 Å². The number of hydrogen-bond donors (Lipinski definition) is 1. The minimum atomic E-state index is -0.520. The van der Waals surface area contributed by atoms with Gasteiger partial charge in [0.25, 0.3) is 5.91 Å². The molecule has 0 spiro atoms. The van der Waals surface area contributed by atoms with Crippen LogP contribution in [0, 0.1) is 20.8 Å². The van der Waals surface area contributed by atoms with Crippen molar-refractivity contribution >= 4 is 5.91 Å². The second-order valence-electron chi connectivity index (χ2n) is 7.97. The van der Waals surface area contributed by atoms with E-state index in [0.29, 0.717) is 17.8 Å². The van der Waals surface area contributed by atoms with Gasteiger partial charge in [-0.2, -0.15) is 4.98 Å². The smallest absolute Gasteiger partial charge is 0.253 e. The number of nitrogens with one attached hydrogen (secondary N) is 1. The summed E-state index contributed by atoms with van der Waals surface area (Å²) in [5.41, 5.74) is 2.49. The maximum atomic E-state index is 13.2. The van der Waals surface area contributed by atoms with E-state index in [1.807, 2.05) is 6.07 Å². The van der Waals surface area contributed by atoms with Gasteiger partial charge in [0.15, 0.2) is 5.82 Å². The van der Waals surface area contributed by atoms with Gasteiger partial charge in [0.2, 0.25) is 5.89 Å². The van der Waals surface area contributed by atoms with Crippen molar-refractivity contribution in [3.05, 3.63) is 34.7 Å². The fraction of sp³-hybridized carbons (Fsp3) is 0.650. The number of aryl methyl sites for hydroxylation is 2. The number of nitrogens with zero attached hydrogens (tertiary/aromatic N) is 3. The van der Waals surface area contributed by atoms with Gasteiger partial charge in [-0.25, -0.2) is 0 Å². The average Bonchev–Trinajstić information content (AvgIpc) is 3.32. The molecule has 1 N–H and O–H groups in total. The van der Waals surface area contributed by atoms with Crippen LogP contribution in [0.25, 0.3) is 0 Å². The zero-order valence-electron chi connectivity index (χ0n) is 16.0. The lowest BCUT2D eigenvalue weighted by Gasteiger charge is -2.30. The van der Waals surface area contributed by atoms with Crippen molar-refractivity contribution in [2.75, 3.05) is 0 Å². The lowest BCUT2D eigenvalue weighted by Crippen LogP contribution is -2.46. The van der Waals surface area contributed by atoms with Gasteiger partial charge in [-0.05, 0) is 45.6 Å². The normalized spacial score (nSPS) is 20.0. The molecule has 2 aromatic heterocycles. The maximum Gasteiger partial charge on any atom is 0.253 e. The lowest BCUT2D eigenvalue weighted by atomic mass is 9.88. The Balaban J connectivity index is 1.65. The summed E-state index contributed by atoms with van der Waals surface area (Å²) in [6.45, 7) is 5.94. The third kappa shape index (κ3) is 3.06. The highest BCUT2D eigenvalue weighted by Crippen LogP contribution is 2.39. The van der Waals surface area contributed by atoms with E-state index in [4.69, 9.17) is 4.52 Å². The van der Waals surface area contributed by atoms with Gasteiger partial charge in [-0.3, -0.25) is 4.79 Å². The molecule has 2 fully saturated rings. The Bertz CT molecular complexity index is 808. The van der Waals surface area contributed by atoms with Crippen molar-refractivity contribution in [2.24, 2.45) is 0 Å². The van der Waals surface area contributed by atoms with Crippen LogP contribution < -0.4 is 5.32 Å². The average molecular weight is 356 g/mol. The Kier molecular flexibility index (Phi) is 4.37. The summed E-state index contributed by atoms with van der Waals surface area (Å²) in [5, 5.41) is 7.50. The quantitative estimate of drug-likeness (QED) is 0.837. The van der Waals surface area contributed by atoms with E-state index >= 15 is 0 Å². The van der Waals surface area contributed by atoms with Crippen LogP contribution in [-0.4, -0.2) is 20.6 Å². The van der Waals surface area contributed by atoms with Crippen molar-refractivity contribution in [1.29, 1.82) is 0 Å². The summed E-state index contributed by atoms with van der Waals surface area (Å²) in [4.78, 5) is 17.7. The van der Waals surface area contributed by atoms with Crippen LogP contribution in [0.4, 0.5) is 0 Å². The predicted octanol–water partition coefficient (Wildman–Crippen LogP) is 4.11. The number of hydrogen-bond acceptors (Lipinski definition) is 4. The van der Waals surface area contributed by atoms with E-state index in [1.165, 1.54) is 31.4 Å². The van der Waals surface area contributed by atoms with E-state index in [2.05, 4.69) is 33.9 Å². The predicted molar refractivity (Wildman–Crippen MR) is 98.1 cm³/mol. The van der Waals surface area contributed by atoms with Gasteiger partial charge in [0.1, 0.15) is 5.54 Å². The van der Waals surface area contributed by atoms with Crippen LogP contribution >= 0.6 is 0 Å². The van der Waals surface area contributed by atoms with Crippen LogP contribution in [0.2, 0.25) is 0 Å². The van der Waals surface area contributed by atoms with Crippen LogP contribution in [-0.2, 0) is 5.54 Å². The largest absolute Gasteiger partial charge is 0.345 e. The third-order valence-electron chi connectivity index (χ3n) is 5.91. The van der Waals surface area contributed by atoms with Crippen molar-refractivity contribution in [3.63, 3.8) is 0 Å². The molecule has 0 bridgehead atoms. The summed E-state index contributed by atoms with van der Waals surface area (Å²) < 4.78 is 7.55. The fourth-order valence-electron chi connectivity index (χ4n) is 4.42. The van der Waals surface area contributed by atoms with E-state index < -0.39 is 5.54 Å². The molecule has 0 radical (unpaired) electrons. The molecular formula is C20H28N4O2. The minimum Gasteiger partial charge on any atom is -0.345 e. The first-order valence-corrected chi connectivity index (χ1v) is 9.82. The molecule has 2 heterocycles. The topological polar surface area (TPSA) is 73.0 Å². The molecule has 2 saturated carbocycles. The summed E-state index contributed by atoms with van der Waals surface area (Å²) in [6.07, 6.45) is 8.64. The molecule has 6 nitrogen and oxygen atoms in total. The van der Waals surface area contributed by atoms with Crippen molar-refractivity contribution in [3.8, 4) is 0 Å². The zero-order chi connectivity index (χ0) is 18.3. The molecule has 0 aliphatic heterocycles. The molecule has 6 heteroatoms. The molecule has 0 atom stereocenters. The molecule has 2 aromatic rings. The van der Waals surface area contributed by atoms with E-state index in [9.17, 15) is 4.79 Å². The fourth-order valence-corrected chi connectivity index (χ4v) is 4.42. The standard InChI is InChI=1S/C20H28N4O2/c1-13-12-17(14(2)24(13)16-8-9-16)18(25)22-20(10-6-4-5-7-11-20)19-21-15(3)26-23-19/h12,16H,4-11H2,1-3H3,(H,22,25). The van der Waals surface area contributed by atoms with Crippen LogP contribution in [0.3, 0.4) is 0 Å². The minimum absolute atomic E-state index is 0.0191. The van der Waals surface area contributed by atoms with Crippen LogP contribution in [0.15, 0.2) is 10.6 Å². The number of amides is 1. The van der Waals surface area contributed by atoms with Crippen molar-refractivity contribution in [1.82, 2.24) is 20.0 Å². The SMILES string of the molecule is Cc1nc(C2(NC(=O)c3cc(C)n(C4CC4)c3C)CCCCCC2)no1. The van der Waals surface area contributed by atoms with Crippen molar-refractivity contribution in [2.45, 2.75) is 83.7 Å². The van der Waals surface area contributed by atoms with Gasteiger partial charge >= 0.3 is 0 Å². The molecule has 0 saturated heterocycles. The monoisotopic (exact) mass is 356 g/mol.